The molecule has 1 aromatic heterocycles. The van der Waals surface area contributed by atoms with Crippen LogP contribution in [0.25, 0.3) is 22.6 Å². The van der Waals surface area contributed by atoms with Crippen LogP contribution >= 0.6 is 23.2 Å². The molecular weight excluding hydrogens is 465 g/mol. The Bertz CT molecular complexity index is 1380. The quantitative estimate of drug-likeness (QED) is 0.226. The Labute approximate surface area is 199 Å². The summed E-state index contributed by atoms with van der Waals surface area (Å²) in [5.41, 5.74) is 3.26. The molecule has 1 atom stereocenters. The fourth-order valence-electron chi connectivity index (χ4n) is 3.35. The molecule has 0 unspecified atom stereocenters. The molecule has 0 saturated carbocycles. The standard InChI is InChI=1S/C24H19Cl2N3O4/c1-3-13(2)14-6-9-22-20(10-14)28-24(33-22)16-5-7-17(25)19(11-16)27-23(30)15-4-8-18(26)21(12-15)29(31)32/h4-13H,3H2,1-2H3,(H,27,30)/t13-/m1/s1. The van der Waals surface area contributed by atoms with Gasteiger partial charge in [0.15, 0.2) is 5.58 Å². The number of hydrogen-bond donors (Lipinski definition) is 1. The Kier molecular flexibility index (Phi) is 6.35. The molecule has 1 N–H and O–H groups in total. The number of carbonyl (C=O) groups excluding carboxylic acids is 1. The highest BCUT2D eigenvalue weighted by molar-refractivity contribution is 6.34. The summed E-state index contributed by atoms with van der Waals surface area (Å²) in [5.74, 6) is 0.237. The van der Waals surface area contributed by atoms with E-state index in [0.29, 0.717) is 33.7 Å². The molecular formula is C24H19Cl2N3O4. The second kappa shape index (κ2) is 9.21. The zero-order chi connectivity index (χ0) is 23.7. The van der Waals surface area contributed by atoms with Gasteiger partial charge in [0.1, 0.15) is 10.5 Å². The van der Waals surface area contributed by atoms with Crippen LogP contribution in [0.5, 0.6) is 0 Å². The van der Waals surface area contributed by atoms with Crippen LogP contribution in [0.3, 0.4) is 0 Å². The molecule has 1 amide bonds. The number of hydrogen-bond acceptors (Lipinski definition) is 5. The zero-order valence-electron chi connectivity index (χ0n) is 17.8. The number of aromatic nitrogens is 1. The highest BCUT2D eigenvalue weighted by Crippen LogP contribution is 2.32. The van der Waals surface area contributed by atoms with Gasteiger partial charge in [0.05, 0.1) is 15.6 Å². The van der Waals surface area contributed by atoms with E-state index >= 15 is 0 Å². The smallest absolute Gasteiger partial charge is 0.288 e. The lowest BCUT2D eigenvalue weighted by atomic mass is 9.98. The minimum atomic E-state index is -0.646. The molecule has 33 heavy (non-hydrogen) atoms. The minimum Gasteiger partial charge on any atom is -0.436 e. The van der Waals surface area contributed by atoms with Crippen molar-refractivity contribution in [1.29, 1.82) is 0 Å². The SMILES string of the molecule is CC[C@@H](C)c1ccc2oc(-c3ccc(Cl)c(NC(=O)c4ccc(Cl)c([N+](=O)[O-])c4)c3)nc2c1. The van der Waals surface area contributed by atoms with Gasteiger partial charge in [-0.3, -0.25) is 14.9 Å². The average Bonchev–Trinajstić information content (AvgIpc) is 3.23. The Balaban J connectivity index is 1.64. The van der Waals surface area contributed by atoms with Gasteiger partial charge < -0.3 is 9.73 Å². The number of nitro groups is 1. The van der Waals surface area contributed by atoms with E-state index in [0.717, 1.165) is 18.0 Å². The summed E-state index contributed by atoms with van der Waals surface area (Å²) >= 11 is 12.1. The van der Waals surface area contributed by atoms with Crippen molar-refractivity contribution in [1.82, 2.24) is 4.98 Å². The second-order valence-electron chi connectivity index (χ2n) is 7.63. The van der Waals surface area contributed by atoms with E-state index in [1.165, 1.54) is 17.7 Å². The maximum absolute atomic E-state index is 12.7. The number of nitro benzene ring substituents is 1. The molecule has 1 heterocycles. The van der Waals surface area contributed by atoms with E-state index < -0.39 is 10.8 Å². The molecule has 0 radical (unpaired) electrons. The second-order valence-corrected chi connectivity index (χ2v) is 8.44. The lowest BCUT2D eigenvalue weighted by Crippen LogP contribution is -2.12. The summed E-state index contributed by atoms with van der Waals surface area (Å²) in [6.45, 7) is 4.29. The fraction of sp³-hybridized carbons (Fsp3) is 0.167. The van der Waals surface area contributed by atoms with Gasteiger partial charge in [-0.15, -0.1) is 0 Å². The molecule has 0 spiro atoms. The molecule has 0 fully saturated rings. The number of fused-ring (bicyclic) bond motifs is 1. The summed E-state index contributed by atoms with van der Waals surface area (Å²) < 4.78 is 5.91. The van der Waals surface area contributed by atoms with Crippen molar-refractivity contribution in [2.45, 2.75) is 26.2 Å². The van der Waals surface area contributed by atoms with Gasteiger partial charge in [0.2, 0.25) is 5.89 Å². The van der Waals surface area contributed by atoms with E-state index in [1.807, 2.05) is 18.2 Å². The molecule has 0 bridgehead atoms. The molecule has 9 heteroatoms. The van der Waals surface area contributed by atoms with Gasteiger partial charge in [0.25, 0.3) is 11.6 Å². The molecule has 4 rings (SSSR count). The van der Waals surface area contributed by atoms with Crippen molar-refractivity contribution in [3.8, 4) is 11.5 Å². The van der Waals surface area contributed by atoms with Crippen LogP contribution in [0.15, 0.2) is 59.0 Å². The molecule has 0 aliphatic carbocycles. The number of benzene rings is 3. The summed E-state index contributed by atoms with van der Waals surface area (Å²) in [6.07, 6.45) is 1.02. The zero-order valence-corrected chi connectivity index (χ0v) is 19.3. The van der Waals surface area contributed by atoms with Crippen LogP contribution in [0.4, 0.5) is 11.4 Å². The third-order valence-corrected chi connectivity index (χ3v) is 6.11. The number of nitrogens with one attached hydrogen (secondary N) is 1. The van der Waals surface area contributed by atoms with Crippen LogP contribution in [0.1, 0.15) is 42.1 Å². The summed E-state index contributed by atoms with van der Waals surface area (Å²) in [7, 11) is 0. The number of rotatable bonds is 6. The third-order valence-electron chi connectivity index (χ3n) is 5.46. The Morgan fingerprint density at radius 1 is 1.12 bits per heavy atom. The highest BCUT2D eigenvalue weighted by atomic mass is 35.5. The first-order valence-corrected chi connectivity index (χ1v) is 11.0. The predicted octanol–water partition coefficient (Wildman–Crippen LogP) is 7.48. The van der Waals surface area contributed by atoms with Gasteiger partial charge in [-0.25, -0.2) is 4.98 Å². The van der Waals surface area contributed by atoms with E-state index in [9.17, 15) is 14.9 Å². The Morgan fingerprint density at radius 2 is 1.88 bits per heavy atom. The average molecular weight is 484 g/mol. The molecule has 0 aliphatic heterocycles. The number of carbonyl (C=O) groups is 1. The third kappa shape index (κ3) is 4.69. The lowest BCUT2D eigenvalue weighted by molar-refractivity contribution is -0.384. The van der Waals surface area contributed by atoms with E-state index in [-0.39, 0.29) is 16.3 Å². The van der Waals surface area contributed by atoms with Crippen molar-refractivity contribution in [3.05, 3.63) is 85.9 Å². The van der Waals surface area contributed by atoms with Gasteiger partial charge >= 0.3 is 0 Å². The number of halogens is 2. The normalized spacial score (nSPS) is 12.0. The first-order chi connectivity index (χ1) is 15.8. The van der Waals surface area contributed by atoms with E-state index in [4.69, 9.17) is 27.6 Å². The Morgan fingerprint density at radius 3 is 2.61 bits per heavy atom. The number of amides is 1. The predicted molar refractivity (Wildman–Crippen MR) is 129 cm³/mol. The molecule has 4 aromatic rings. The van der Waals surface area contributed by atoms with Gasteiger partial charge in [-0.05, 0) is 60.4 Å². The lowest BCUT2D eigenvalue weighted by Gasteiger charge is -2.09. The molecule has 3 aromatic carbocycles. The first-order valence-electron chi connectivity index (χ1n) is 10.2. The number of anilines is 1. The van der Waals surface area contributed by atoms with Gasteiger partial charge in [-0.1, -0.05) is 43.1 Å². The van der Waals surface area contributed by atoms with Crippen LogP contribution in [-0.2, 0) is 0 Å². The summed E-state index contributed by atoms with van der Waals surface area (Å²) in [4.78, 5) is 27.8. The maximum Gasteiger partial charge on any atom is 0.288 e. The van der Waals surface area contributed by atoms with Crippen LogP contribution in [0, 0.1) is 10.1 Å². The monoisotopic (exact) mass is 483 g/mol. The molecule has 168 valence electrons. The van der Waals surface area contributed by atoms with E-state index in [2.05, 4.69) is 24.1 Å². The summed E-state index contributed by atoms with van der Waals surface area (Å²) in [5, 5.41) is 14.0. The molecule has 0 saturated heterocycles. The van der Waals surface area contributed by atoms with E-state index in [1.54, 1.807) is 18.2 Å². The Hall–Kier alpha value is -3.42. The molecule has 0 aliphatic rings. The van der Waals surface area contributed by atoms with Crippen molar-refractivity contribution in [2.24, 2.45) is 0 Å². The number of nitrogens with zero attached hydrogens (tertiary/aromatic N) is 2. The van der Waals surface area contributed by atoms with Crippen LogP contribution in [-0.4, -0.2) is 15.8 Å². The van der Waals surface area contributed by atoms with Crippen LogP contribution in [0.2, 0.25) is 10.0 Å². The largest absolute Gasteiger partial charge is 0.436 e. The topological polar surface area (TPSA) is 98.3 Å². The summed E-state index contributed by atoms with van der Waals surface area (Å²) in [6, 6.07) is 14.8. The number of oxazole rings is 1. The van der Waals surface area contributed by atoms with Crippen molar-refractivity contribution >= 4 is 51.6 Å². The van der Waals surface area contributed by atoms with Gasteiger partial charge in [-0.2, -0.15) is 0 Å². The highest BCUT2D eigenvalue weighted by Gasteiger charge is 2.18. The van der Waals surface area contributed by atoms with Crippen molar-refractivity contribution < 1.29 is 14.1 Å². The van der Waals surface area contributed by atoms with Crippen LogP contribution < -0.4 is 5.32 Å². The van der Waals surface area contributed by atoms with Crippen molar-refractivity contribution in [2.75, 3.05) is 5.32 Å². The van der Waals surface area contributed by atoms with Gasteiger partial charge in [0, 0.05) is 17.2 Å². The minimum absolute atomic E-state index is 0.0518. The fourth-order valence-corrected chi connectivity index (χ4v) is 3.70. The maximum atomic E-state index is 12.7. The first kappa shape index (κ1) is 22.8. The van der Waals surface area contributed by atoms with Crippen molar-refractivity contribution in [3.63, 3.8) is 0 Å². The molecule has 7 nitrogen and oxygen atoms in total.